The first kappa shape index (κ1) is 41.2. The molecule has 2 saturated heterocycles. The van der Waals surface area contributed by atoms with E-state index in [1.807, 2.05) is 115 Å². The van der Waals surface area contributed by atoms with E-state index in [9.17, 15) is 15.0 Å². The molecule has 2 fully saturated rings. The van der Waals surface area contributed by atoms with E-state index in [0.717, 1.165) is 57.8 Å². The second-order valence-corrected chi connectivity index (χ2v) is 16.2. The van der Waals surface area contributed by atoms with Gasteiger partial charge in [0.1, 0.15) is 11.5 Å². The molecule has 10 heteroatoms. The van der Waals surface area contributed by atoms with Crippen molar-refractivity contribution < 1.29 is 29.2 Å². The quantitative estimate of drug-likeness (QED) is 0.0972. The summed E-state index contributed by atoms with van der Waals surface area (Å²) in [7, 11) is 0. The fourth-order valence-corrected chi connectivity index (χ4v) is 8.18. The van der Waals surface area contributed by atoms with Gasteiger partial charge < -0.3 is 40.0 Å². The highest BCUT2D eigenvalue weighted by Gasteiger charge is 2.41. The lowest BCUT2D eigenvalue weighted by atomic mass is 9.84. The van der Waals surface area contributed by atoms with Gasteiger partial charge in [-0.2, -0.15) is 0 Å². The van der Waals surface area contributed by atoms with Crippen LogP contribution in [0.25, 0.3) is 11.1 Å². The number of nitrogens with one attached hydrogen (secondary N) is 2. The van der Waals surface area contributed by atoms with Crippen molar-refractivity contribution in [2.45, 2.75) is 57.0 Å². The summed E-state index contributed by atoms with van der Waals surface area (Å²) in [6.07, 6.45) is 0.196. The minimum atomic E-state index is -0.894. The van der Waals surface area contributed by atoms with Gasteiger partial charge in [-0.05, 0) is 107 Å². The van der Waals surface area contributed by atoms with E-state index in [1.54, 1.807) is 12.1 Å². The Hall–Kier alpha value is -5.52. The van der Waals surface area contributed by atoms with Crippen molar-refractivity contribution in [2.75, 3.05) is 25.0 Å². The van der Waals surface area contributed by atoms with Crippen molar-refractivity contribution in [3.8, 4) is 22.6 Å². The Balaban J connectivity index is 0.932. The van der Waals surface area contributed by atoms with Crippen molar-refractivity contribution in [1.82, 2.24) is 10.2 Å². The van der Waals surface area contributed by atoms with Crippen LogP contribution < -0.4 is 15.4 Å². The van der Waals surface area contributed by atoms with Crippen LogP contribution >= 0.6 is 11.6 Å². The molecular formula is C50H50ClN3O6. The van der Waals surface area contributed by atoms with Gasteiger partial charge in [0.25, 0.3) is 0 Å². The van der Waals surface area contributed by atoms with Crippen molar-refractivity contribution >= 4 is 23.3 Å². The Bertz CT molecular complexity index is 2330. The Morgan fingerprint density at radius 3 is 2.17 bits per heavy atom. The molecule has 0 spiro atoms. The molecule has 2 aliphatic rings. The van der Waals surface area contributed by atoms with Gasteiger partial charge in [0.2, 0.25) is 0 Å². The number of para-hydroxylation sites is 1. The smallest absolute Gasteiger partial charge is 0.319 e. The monoisotopic (exact) mass is 823 g/mol. The summed E-state index contributed by atoms with van der Waals surface area (Å²) in [6, 6.07) is 48.3. The van der Waals surface area contributed by atoms with E-state index in [1.165, 1.54) is 0 Å². The molecule has 0 unspecified atom stereocenters. The fraction of sp³-hybridized carbons (Fsp3) is 0.260. The number of anilines is 1. The third-order valence-electron chi connectivity index (χ3n) is 11.6. The third-order valence-corrected chi connectivity index (χ3v) is 11.8. The number of hydrogen-bond acceptors (Lipinski definition) is 7. The molecular weight excluding hydrogens is 774 g/mol. The number of ether oxygens (including phenoxy) is 3. The van der Waals surface area contributed by atoms with Crippen LogP contribution in [0, 0.1) is 5.92 Å². The summed E-state index contributed by atoms with van der Waals surface area (Å²) in [5.74, 6) is 1.45. The van der Waals surface area contributed by atoms with E-state index < -0.39 is 11.9 Å². The Morgan fingerprint density at radius 1 is 0.767 bits per heavy atom. The number of aliphatic hydroxyl groups is 2. The summed E-state index contributed by atoms with van der Waals surface area (Å²) < 4.78 is 19.5. The van der Waals surface area contributed by atoms with E-state index >= 15 is 0 Å². The summed E-state index contributed by atoms with van der Waals surface area (Å²) in [5.41, 5.74) is 6.40. The summed E-state index contributed by atoms with van der Waals surface area (Å²) >= 11 is 6.13. The minimum Gasteiger partial charge on any atom is -0.457 e. The molecule has 6 aromatic carbocycles. The molecule has 0 saturated carbocycles. The van der Waals surface area contributed by atoms with Gasteiger partial charge in [0.15, 0.2) is 6.29 Å². The van der Waals surface area contributed by atoms with Gasteiger partial charge >= 0.3 is 6.03 Å². The van der Waals surface area contributed by atoms with Crippen molar-refractivity contribution in [2.24, 2.45) is 5.92 Å². The van der Waals surface area contributed by atoms with Crippen molar-refractivity contribution in [1.29, 1.82) is 0 Å². The van der Waals surface area contributed by atoms with Crippen molar-refractivity contribution in [3.05, 3.63) is 184 Å². The molecule has 6 aromatic rings. The molecule has 0 bridgehead atoms. The normalized spacial score (nSPS) is 20.3. The largest absolute Gasteiger partial charge is 0.457 e. The van der Waals surface area contributed by atoms with E-state index in [4.69, 9.17) is 25.8 Å². The molecule has 0 aliphatic carbocycles. The number of amides is 2. The average molecular weight is 824 g/mol. The number of aliphatic hydroxyl groups excluding tert-OH is 1. The lowest BCUT2D eigenvalue weighted by Gasteiger charge is -2.45. The number of halogens is 1. The van der Waals surface area contributed by atoms with Crippen LogP contribution in [0.3, 0.4) is 0 Å². The minimum absolute atomic E-state index is 0.0230. The molecule has 308 valence electrons. The number of likely N-dealkylation sites (tertiary alicyclic amines) is 1. The number of urea groups is 1. The van der Waals surface area contributed by atoms with Crippen LogP contribution in [-0.2, 0) is 28.2 Å². The van der Waals surface area contributed by atoms with Gasteiger partial charge in [0.05, 0.1) is 24.4 Å². The molecule has 9 nitrogen and oxygen atoms in total. The first-order valence-corrected chi connectivity index (χ1v) is 20.9. The second-order valence-electron chi connectivity index (χ2n) is 15.7. The fourth-order valence-electron chi connectivity index (χ4n) is 8.05. The highest BCUT2D eigenvalue weighted by molar-refractivity contribution is 6.30. The number of hydrogen-bond donors (Lipinski definition) is 4. The molecule has 60 heavy (non-hydrogen) atoms. The first-order valence-electron chi connectivity index (χ1n) is 20.5. The SMILES string of the molecule is C[C@H]1[C@@H](CN2CCC(O)(c3ccc(Cl)cc3)CC2)O[C@@H](c2cccc(-c3cccc(CNC(=O)Nc4ccc(Oc5ccccc5)cc4)c3)c2)O[C@H]1c1ccc(CO)cc1. The van der Waals surface area contributed by atoms with Gasteiger partial charge in [-0.3, -0.25) is 0 Å². The molecule has 0 aromatic heterocycles. The zero-order valence-corrected chi connectivity index (χ0v) is 34.3. The summed E-state index contributed by atoms with van der Waals surface area (Å²) in [4.78, 5) is 15.2. The summed E-state index contributed by atoms with van der Waals surface area (Å²) in [5, 5.41) is 27.8. The number of rotatable bonds is 12. The van der Waals surface area contributed by atoms with Gasteiger partial charge in [-0.1, -0.05) is 110 Å². The average Bonchev–Trinajstić information content (AvgIpc) is 3.28. The van der Waals surface area contributed by atoms with Gasteiger partial charge in [-0.15, -0.1) is 0 Å². The zero-order chi connectivity index (χ0) is 41.5. The van der Waals surface area contributed by atoms with Crippen LogP contribution in [0.15, 0.2) is 152 Å². The number of nitrogens with zero attached hydrogens (tertiary/aromatic N) is 1. The predicted octanol–water partition coefficient (Wildman–Crippen LogP) is 10.4. The molecule has 0 radical (unpaired) electrons. The maximum atomic E-state index is 12.9. The van der Waals surface area contributed by atoms with Gasteiger partial charge in [0, 0.05) is 48.4 Å². The number of benzene rings is 6. The zero-order valence-electron chi connectivity index (χ0n) is 33.5. The van der Waals surface area contributed by atoms with Crippen LogP contribution in [0.4, 0.5) is 10.5 Å². The molecule has 4 atom stereocenters. The van der Waals surface area contributed by atoms with Crippen LogP contribution in [0.5, 0.6) is 11.5 Å². The first-order chi connectivity index (χ1) is 29.2. The van der Waals surface area contributed by atoms with Crippen LogP contribution in [0.2, 0.25) is 5.02 Å². The molecule has 2 amide bonds. The number of carbonyl (C=O) groups is 1. The highest BCUT2D eigenvalue weighted by Crippen LogP contribution is 2.43. The van der Waals surface area contributed by atoms with E-state index in [2.05, 4.69) is 46.7 Å². The highest BCUT2D eigenvalue weighted by atomic mass is 35.5. The Morgan fingerprint density at radius 2 is 1.45 bits per heavy atom. The molecule has 8 rings (SSSR count). The summed E-state index contributed by atoms with van der Waals surface area (Å²) in [6.45, 7) is 4.64. The Kier molecular flexibility index (Phi) is 12.9. The van der Waals surface area contributed by atoms with Gasteiger partial charge in [-0.25, -0.2) is 4.79 Å². The van der Waals surface area contributed by atoms with Crippen LogP contribution in [-0.4, -0.2) is 46.9 Å². The maximum absolute atomic E-state index is 12.9. The molecule has 2 heterocycles. The van der Waals surface area contributed by atoms with Crippen LogP contribution in [0.1, 0.15) is 60.0 Å². The molecule has 2 aliphatic heterocycles. The maximum Gasteiger partial charge on any atom is 0.319 e. The number of carbonyl (C=O) groups excluding carboxylic acids is 1. The Labute approximate surface area is 356 Å². The third kappa shape index (κ3) is 10.1. The lowest BCUT2D eigenvalue weighted by Crippen LogP contribution is -2.49. The number of piperidine rings is 1. The lowest BCUT2D eigenvalue weighted by molar-refractivity contribution is -0.277. The second kappa shape index (κ2) is 18.8. The van der Waals surface area contributed by atoms with E-state index in [-0.39, 0.29) is 30.8 Å². The molecule has 4 N–H and O–H groups in total. The van der Waals surface area contributed by atoms with E-state index in [0.29, 0.717) is 42.4 Å². The van der Waals surface area contributed by atoms with Crippen molar-refractivity contribution in [3.63, 3.8) is 0 Å². The predicted molar refractivity (Wildman–Crippen MR) is 235 cm³/mol. The topological polar surface area (TPSA) is 113 Å². The standard InChI is InChI=1S/C50H50ClN3O6/c1-34-46(32-54-27-25-50(57,26-28-54)41-17-19-42(51)20-18-41)59-48(60-47(34)37-15-13-35(33-55)14-16-37)40-10-6-9-39(30-40)38-8-5-7-36(29-38)31-52-49(56)53-43-21-23-45(24-22-43)58-44-11-3-2-4-12-44/h2-24,29-30,34,46-48,55,57H,25-28,31-33H2,1H3,(H2,52,53,56)/t34-,46+,47+,48+/m0/s1.